The van der Waals surface area contributed by atoms with Crippen LogP contribution in [0, 0.1) is 12.7 Å². The smallest absolute Gasteiger partial charge is 0.154 e. The van der Waals surface area contributed by atoms with Gasteiger partial charge in [-0.3, -0.25) is 0 Å². The number of aromatic nitrogens is 2. The molecule has 6 heteroatoms. The number of nitrogen functional groups attached to an aromatic ring is 1. The van der Waals surface area contributed by atoms with Gasteiger partial charge in [-0.1, -0.05) is 17.7 Å². The number of hydrogen-bond donors (Lipinski definition) is 2. The molecule has 2 rings (SSSR count). The topological polar surface area (TPSA) is 63.8 Å². The first kappa shape index (κ1) is 11.6. The quantitative estimate of drug-likeness (QED) is 0.863. The van der Waals surface area contributed by atoms with E-state index >= 15 is 0 Å². The molecule has 0 saturated carbocycles. The van der Waals surface area contributed by atoms with E-state index in [0.717, 1.165) is 5.56 Å². The minimum Gasteiger partial charge on any atom is -0.382 e. The van der Waals surface area contributed by atoms with Gasteiger partial charge in [-0.05, 0) is 24.6 Å². The Labute approximate surface area is 103 Å². The average Bonchev–Trinajstić information content (AvgIpc) is 2.28. The average molecular weight is 253 g/mol. The molecular weight excluding hydrogens is 243 g/mol. The Morgan fingerprint density at radius 2 is 2.12 bits per heavy atom. The molecule has 0 aliphatic heterocycles. The van der Waals surface area contributed by atoms with Crippen molar-refractivity contribution in [2.24, 2.45) is 0 Å². The molecule has 0 spiro atoms. The summed E-state index contributed by atoms with van der Waals surface area (Å²) in [5, 5.41) is 2.94. The highest BCUT2D eigenvalue weighted by atomic mass is 35.5. The van der Waals surface area contributed by atoms with Gasteiger partial charge in [0.1, 0.15) is 23.0 Å². The van der Waals surface area contributed by atoms with Gasteiger partial charge in [0.2, 0.25) is 0 Å². The van der Waals surface area contributed by atoms with Gasteiger partial charge in [0.25, 0.3) is 0 Å². The molecule has 0 amide bonds. The van der Waals surface area contributed by atoms with Crippen LogP contribution in [0.4, 0.5) is 21.7 Å². The SMILES string of the molecule is Cc1ccc(Nc2ncnc(N)c2Cl)c(F)c1. The highest BCUT2D eigenvalue weighted by Crippen LogP contribution is 2.27. The molecule has 2 aromatic rings. The maximum Gasteiger partial charge on any atom is 0.154 e. The molecule has 1 heterocycles. The minimum absolute atomic E-state index is 0.150. The monoisotopic (exact) mass is 252 g/mol. The highest BCUT2D eigenvalue weighted by Gasteiger charge is 2.09. The van der Waals surface area contributed by atoms with Crippen molar-refractivity contribution in [2.75, 3.05) is 11.1 Å². The molecule has 1 aromatic carbocycles. The van der Waals surface area contributed by atoms with Gasteiger partial charge in [-0.2, -0.15) is 0 Å². The molecule has 3 N–H and O–H groups in total. The van der Waals surface area contributed by atoms with Crippen LogP contribution in [-0.2, 0) is 0 Å². The molecule has 17 heavy (non-hydrogen) atoms. The summed E-state index contributed by atoms with van der Waals surface area (Å²) in [6, 6.07) is 4.81. The van der Waals surface area contributed by atoms with Gasteiger partial charge < -0.3 is 11.1 Å². The van der Waals surface area contributed by atoms with Crippen molar-refractivity contribution >= 4 is 28.9 Å². The van der Waals surface area contributed by atoms with Gasteiger partial charge in [-0.15, -0.1) is 0 Å². The second-order valence-corrected chi connectivity index (χ2v) is 3.91. The number of anilines is 3. The Hall–Kier alpha value is -1.88. The predicted octanol–water partition coefficient (Wildman–Crippen LogP) is 2.90. The van der Waals surface area contributed by atoms with E-state index in [9.17, 15) is 4.39 Å². The molecule has 88 valence electrons. The van der Waals surface area contributed by atoms with Crippen LogP contribution < -0.4 is 11.1 Å². The van der Waals surface area contributed by atoms with Crippen molar-refractivity contribution in [1.29, 1.82) is 0 Å². The third kappa shape index (κ3) is 2.45. The van der Waals surface area contributed by atoms with Crippen molar-refractivity contribution in [3.05, 3.63) is 40.9 Å². The standard InChI is InChI=1S/C11H10ClFN4/c1-6-2-3-8(7(13)4-6)17-11-9(12)10(14)15-5-16-11/h2-5H,1H3,(H3,14,15,16,17). The Bertz CT molecular complexity index is 559. The van der Waals surface area contributed by atoms with Gasteiger partial charge in [0, 0.05) is 0 Å². The van der Waals surface area contributed by atoms with Crippen molar-refractivity contribution in [3.8, 4) is 0 Å². The summed E-state index contributed by atoms with van der Waals surface area (Å²) in [6.45, 7) is 1.81. The van der Waals surface area contributed by atoms with Gasteiger partial charge >= 0.3 is 0 Å². The number of rotatable bonds is 2. The predicted molar refractivity (Wildman–Crippen MR) is 65.9 cm³/mol. The molecule has 0 fully saturated rings. The lowest BCUT2D eigenvalue weighted by Gasteiger charge is -2.09. The Morgan fingerprint density at radius 1 is 1.35 bits per heavy atom. The summed E-state index contributed by atoms with van der Waals surface area (Å²) in [6.07, 6.45) is 1.26. The van der Waals surface area contributed by atoms with Gasteiger partial charge in [-0.25, -0.2) is 14.4 Å². The number of benzene rings is 1. The van der Waals surface area contributed by atoms with E-state index < -0.39 is 0 Å². The van der Waals surface area contributed by atoms with Gasteiger partial charge in [0.05, 0.1) is 5.69 Å². The zero-order chi connectivity index (χ0) is 12.4. The molecule has 0 radical (unpaired) electrons. The first-order chi connectivity index (χ1) is 8.08. The summed E-state index contributed by atoms with van der Waals surface area (Å²) in [5.74, 6) is 0.0526. The Kier molecular flexibility index (Phi) is 3.10. The summed E-state index contributed by atoms with van der Waals surface area (Å²) < 4.78 is 13.6. The molecule has 0 bridgehead atoms. The largest absolute Gasteiger partial charge is 0.382 e. The van der Waals surface area contributed by atoms with Crippen molar-refractivity contribution in [2.45, 2.75) is 6.92 Å². The lowest BCUT2D eigenvalue weighted by atomic mass is 10.2. The number of halogens is 2. The molecule has 4 nitrogen and oxygen atoms in total. The molecule has 0 unspecified atom stereocenters. The first-order valence-electron chi connectivity index (χ1n) is 4.87. The molecule has 0 saturated heterocycles. The fraction of sp³-hybridized carbons (Fsp3) is 0.0909. The summed E-state index contributed by atoms with van der Waals surface area (Å²) in [5.41, 5.74) is 6.64. The number of nitrogens with one attached hydrogen (secondary N) is 1. The molecular formula is C11H10ClFN4. The third-order valence-corrected chi connectivity index (χ3v) is 2.57. The van der Waals surface area contributed by atoms with Crippen LogP contribution in [0.1, 0.15) is 5.56 Å². The van der Waals surface area contributed by atoms with Gasteiger partial charge in [0.15, 0.2) is 5.82 Å². The normalized spacial score (nSPS) is 10.3. The van der Waals surface area contributed by atoms with E-state index in [4.69, 9.17) is 17.3 Å². The van der Waals surface area contributed by atoms with Crippen LogP contribution in [0.25, 0.3) is 0 Å². The van der Waals surface area contributed by atoms with E-state index in [-0.39, 0.29) is 28.2 Å². The minimum atomic E-state index is -0.377. The van der Waals surface area contributed by atoms with E-state index in [1.165, 1.54) is 12.4 Å². The molecule has 0 atom stereocenters. The fourth-order valence-electron chi connectivity index (χ4n) is 1.32. The zero-order valence-electron chi connectivity index (χ0n) is 9.04. The second kappa shape index (κ2) is 4.55. The first-order valence-corrected chi connectivity index (χ1v) is 5.25. The zero-order valence-corrected chi connectivity index (χ0v) is 9.79. The van der Waals surface area contributed by atoms with E-state index in [0.29, 0.717) is 0 Å². The van der Waals surface area contributed by atoms with Crippen LogP contribution in [0.15, 0.2) is 24.5 Å². The van der Waals surface area contributed by atoms with E-state index in [1.807, 2.05) is 6.92 Å². The summed E-state index contributed by atoms with van der Waals surface area (Å²) in [4.78, 5) is 7.62. The van der Waals surface area contributed by atoms with Crippen LogP contribution in [0.2, 0.25) is 5.02 Å². The van der Waals surface area contributed by atoms with Crippen molar-refractivity contribution in [3.63, 3.8) is 0 Å². The number of nitrogens with two attached hydrogens (primary N) is 1. The lowest BCUT2D eigenvalue weighted by molar-refractivity contribution is 0.630. The Balaban J connectivity index is 2.35. The van der Waals surface area contributed by atoms with E-state index in [2.05, 4.69) is 15.3 Å². The maximum absolute atomic E-state index is 13.6. The lowest BCUT2D eigenvalue weighted by Crippen LogP contribution is -2.01. The highest BCUT2D eigenvalue weighted by molar-refractivity contribution is 6.35. The summed E-state index contributed by atoms with van der Waals surface area (Å²) >= 11 is 5.89. The van der Waals surface area contributed by atoms with Crippen LogP contribution in [0.3, 0.4) is 0 Å². The fourth-order valence-corrected chi connectivity index (χ4v) is 1.46. The van der Waals surface area contributed by atoms with Crippen molar-refractivity contribution < 1.29 is 4.39 Å². The number of hydrogen-bond acceptors (Lipinski definition) is 4. The van der Waals surface area contributed by atoms with Crippen LogP contribution >= 0.6 is 11.6 Å². The number of aryl methyl sites for hydroxylation is 1. The van der Waals surface area contributed by atoms with Crippen LogP contribution in [-0.4, -0.2) is 9.97 Å². The summed E-state index contributed by atoms with van der Waals surface area (Å²) in [7, 11) is 0. The van der Waals surface area contributed by atoms with Crippen LogP contribution in [0.5, 0.6) is 0 Å². The molecule has 1 aromatic heterocycles. The second-order valence-electron chi connectivity index (χ2n) is 3.53. The number of nitrogens with zero attached hydrogens (tertiary/aromatic N) is 2. The maximum atomic E-state index is 13.6. The third-order valence-electron chi connectivity index (χ3n) is 2.19. The molecule has 0 aliphatic rings. The van der Waals surface area contributed by atoms with E-state index in [1.54, 1.807) is 12.1 Å². The van der Waals surface area contributed by atoms with Crippen molar-refractivity contribution in [1.82, 2.24) is 9.97 Å². The molecule has 0 aliphatic carbocycles. The Morgan fingerprint density at radius 3 is 2.82 bits per heavy atom.